The van der Waals surface area contributed by atoms with E-state index in [1.165, 1.54) is 35.2 Å². The van der Waals surface area contributed by atoms with Crippen molar-refractivity contribution in [3.63, 3.8) is 0 Å². The summed E-state index contributed by atoms with van der Waals surface area (Å²) in [5.41, 5.74) is 2.50. The van der Waals surface area contributed by atoms with E-state index in [2.05, 4.69) is 66.9 Å². The molecule has 114 valence electrons. The molecule has 3 nitrogen and oxygen atoms in total. The third-order valence-electron chi connectivity index (χ3n) is 4.77. The lowest BCUT2D eigenvalue weighted by molar-refractivity contribution is 0.420. The maximum absolute atomic E-state index is 4.87. The number of aromatic nitrogens is 2. The van der Waals surface area contributed by atoms with E-state index < -0.39 is 0 Å². The van der Waals surface area contributed by atoms with Crippen molar-refractivity contribution in [2.75, 3.05) is 12.8 Å². The first-order valence-electron chi connectivity index (χ1n) is 7.93. The summed E-state index contributed by atoms with van der Waals surface area (Å²) < 4.78 is 2.47. The van der Waals surface area contributed by atoms with Gasteiger partial charge in [0.2, 0.25) is 0 Å². The van der Waals surface area contributed by atoms with Gasteiger partial charge in [-0.15, -0.1) is 0 Å². The number of fused-ring (bicyclic) bond motifs is 1. The van der Waals surface area contributed by atoms with E-state index in [0.717, 1.165) is 13.0 Å². The number of hydrogen-bond acceptors (Lipinski definition) is 3. The SMILES string of the molecule is CCn1nc(CC(NC)C2(C)CCCS2)c2ccccc21. The molecule has 0 amide bonds. The van der Waals surface area contributed by atoms with Crippen LogP contribution in [0.5, 0.6) is 0 Å². The van der Waals surface area contributed by atoms with Crippen LogP contribution in [-0.4, -0.2) is 33.4 Å². The smallest absolute Gasteiger partial charge is 0.0719 e. The average molecular weight is 303 g/mol. The highest BCUT2D eigenvalue weighted by Gasteiger charge is 2.37. The van der Waals surface area contributed by atoms with E-state index in [-0.39, 0.29) is 0 Å². The van der Waals surface area contributed by atoms with Crippen LogP contribution >= 0.6 is 11.8 Å². The normalized spacial score (nSPS) is 23.8. The topological polar surface area (TPSA) is 29.9 Å². The van der Waals surface area contributed by atoms with Gasteiger partial charge < -0.3 is 5.32 Å². The number of hydrogen-bond donors (Lipinski definition) is 1. The molecule has 2 heterocycles. The Morgan fingerprint density at radius 1 is 1.43 bits per heavy atom. The van der Waals surface area contributed by atoms with Crippen LogP contribution in [0, 0.1) is 0 Å². The molecule has 0 bridgehead atoms. The van der Waals surface area contributed by atoms with E-state index in [1.807, 2.05) is 0 Å². The van der Waals surface area contributed by atoms with Gasteiger partial charge in [-0.3, -0.25) is 4.68 Å². The first-order valence-corrected chi connectivity index (χ1v) is 8.92. The third kappa shape index (κ3) is 2.71. The summed E-state index contributed by atoms with van der Waals surface area (Å²) in [5.74, 6) is 1.29. The summed E-state index contributed by atoms with van der Waals surface area (Å²) in [4.78, 5) is 0. The second kappa shape index (κ2) is 6.01. The molecule has 1 aliphatic heterocycles. The van der Waals surface area contributed by atoms with Crippen molar-refractivity contribution in [3.8, 4) is 0 Å². The molecule has 2 atom stereocenters. The number of thioether (sulfide) groups is 1. The molecule has 4 heteroatoms. The lowest BCUT2D eigenvalue weighted by Crippen LogP contribution is -2.45. The number of nitrogens with one attached hydrogen (secondary N) is 1. The fraction of sp³-hybridized carbons (Fsp3) is 0.588. The summed E-state index contributed by atoms with van der Waals surface area (Å²) in [7, 11) is 2.09. The highest BCUT2D eigenvalue weighted by Crippen LogP contribution is 2.41. The van der Waals surface area contributed by atoms with Crippen LogP contribution < -0.4 is 5.32 Å². The molecule has 2 aromatic rings. The predicted molar refractivity (Wildman–Crippen MR) is 92.1 cm³/mol. The van der Waals surface area contributed by atoms with Gasteiger partial charge in [0.15, 0.2) is 0 Å². The van der Waals surface area contributed by atoms with Crippen molar-refractivity contribution in [2.45, 2.75) is 50.4 Å². The Morgan fingerprint density at radius 2 is 2.24 bits per heavy atom. The predicted octanol–water partition coefficient (Wildman–Crippen LogP) is 3.47. The fourth-order valence-electron chi connectivity index (χ4n) is 3.48. The van der Waals surface area contributed by atoms with Gasteiger partial charge in [-0.25, -0.2) is 0 Å². The third-order valence-corrected chi connectivity index (χ3v) is 6.41. The lowest BCUT2D eigenvalue weighted by atomic mass is 9.92. The Kier molecular flexibility index (Phi) is 4.27. The molecule has 0 spiro atoms. The summed E-state index contributed by atoms with van der Waals surface area (Å²) >= 11 is 2.12. The van der Waals surface area contributed by atoms with Gasteiger partial charge in [0.25, 0.3) is 0 Å². The van der Waals surface area contributed by atoms with Gasteiger partial charge in [-0.1, -0.05) is 18.2 Å². The van der Waals surface area contributed by atoms with E-state index in [4.69, 9.17) is 5.10 Å². The minimum atomic E-state index is 0.339. The molecule has 1 aromatic heterocycles. The largest absolute Gasteiger partial charge is 0.315 e. The fourth-order valence-corrected chi connectivity index (χ4v) is 4.93. The molecule has 1 aromatic carbocycles. The van der Waals surface area contributed by atoms with E-state index in [9.17, 15) is 0 Å². The number of aryl methyl sites for hydroxylation is 1. The van der Waals surface area contributed by atoms with Crippen molar-refractivity contribution >= 4 is 22.7 Å². The number of para-hydroxylation sites is 1. The van der Waals surface area contributed by atoms with Gasteiger partial charge in [0, 0.05) is 29.1 Å². The van der Waals surface area contributed by atoms with Crippen LogP contribution in [0.15, 0.2) is 24.3 Å². The van der Waals surface area contributed by atoms with E-state index in [1.54, 1.807) is 0 Å². The van der Waals surface area contributed by atoms with Gasteiger partial charge in [0.1, 0.15) is 0 Å². The number of benzene rings is 1. The zero-order valence-corrected chi connectivity index (χ0v) is 14.0. The molecular weight excluding hydrogens is 278 g/mol. The summed E-state index contributed by atoms with van der Waals surface area (Å²) in [5, 5.41) is 9.73. The summed E-state index contributed by atoms with van der Waals surface area (Å²) in [6.07, 6.45) is 3.65. The molecule has 0 saturated carbocycles. The minimum Gasteiger partial charge on any atom is -0.315 e. The van der Waals surface area contributed by atoms with Gasteiger partial charge in [0.05, 0.1) is 11.2 Å². The summed E-state index contributed by atoms with van der Waals surface area (Å²) in [6.45, 7) is 5.49. The average Bonchev–Trinajstić information content (AvgIpc) is 3.09. The molecule has 1 aliphatic rings. The Bertz CT molecular complexity index is 614. The molecule has 1 fully saturated rings. The Morgan fingerprint density at radius 3 is 2.90 bits per heavy atom. The van der Waals surface area contributed by atoms with Crippen LogP contribution in [0.3, 0.4) is 0 Å². The molecule has 2 unspecified atom stereocenters. The minimum absolute atomic E-state index is 0.339. The highest BCUT2D eigenvalue weighted by molar-refractivity contribution is 8.00. The molecule has 0 aliphatic carbocycles. The second-order valence-corrected chi connectivity index (χ2v) is 7.72. The molecular formula is C17H25N3S. The Balaban J connectivity index is 1.93. The maximum Gasteiger partial charge on any atom is 0.0719 e. The highest BCUT2D eigenvalue weighted by atomic mass is 32.2. The quantitative estimate of drug-likeness (QED) is 0.917. The molecule has 1 N–H and O–H groups in total. The number of nitrogens with zero attached hydrogens (tertiary/aromatic N) is 2. The Hall–Kier alpha value is -1.00. The monoisotopic (exact) mass is 303 g/mol. The van der Waals surface area contributed by atoms with Gasteiger partial charge in [-0.05, 0) is 45.6 Å². The molecule has 3 rings (SSSR count). The van der Waals surface area contributed by atoms with Gasteiger partial charge in [-0.2, -0.15) is 16.9 Å². The van der Waals surface area contributed by atoms with Crippen LogP contribution in [0.2, 0.25) is 0 Å². The second-order valence-electron chi connectivity index (χ2n) is 6.09. The van der Waals surface area contributed by atoms with Crippen LogP contribution in [-0.2, 0) is 13.0 Å². The first-order chi connectivity index (χ1) is 10.2. The standard InChI is InChI=1S/C17H25N3S/c1-4-20-15-9-6-5-8-13(15)14(19-20)12-16(18-3)17(2)10-7-11-21-17/h5-6,8-9,16,18H,4,7,10-12H2,1-3H3. The zero-order chi connectivity index (χ0) is 14.9. The zero-order valence-electron chi connectivity index (χ0n) is 13.2. The summed E-state index contributed by atoms with van der Waals surface area (Å²) in [6, 6.07) is 9.09. The lowest BCUT2D eigenvalue weighted by Gasteiger charge is -2.32. The maximum atomic E-state index is 4.87. The first kappa shape index (κ1) is 14.9. The molecule has 21 heavy (non-hydrogen) atoms. The number of rotatable bonds is 5. The Labute approximate surface area is 131 Å². The van der Waals surface area contributed by atoms with Crippen LogP contribution in [0.1, 0.15) is 32.4 Å². The van der Waals surface area contributed by atoms with Gasteiger partial charge >= 0.3 is 0 Å². The van der Waals surface area contributed by atoms with Crippen molar-refractivity contribution in [1.29, 1.82) is 0 Å². The molecule has 0 radical (unpaired) electrons. The van der Waals surface area contributed by atoms with E-state index in [0.29, 0.717) is 10.8 Å². The van der Waals surface area contributed by atoms with Crippen molar-refractivity contribution in [1.82, 2.24) is 15.1 Å². The van der Waals surface area contributed by atoms with Crippen LogP contribution in [0.25, 0.3) is 10.9 Å². The van der Waals surface area contributed by atoms with Crippen LogP contribution in [0.4, 0.5) is 0 Å². The van der Waals surface area contributed by atoms with Crippen molar-refractivity contribution in [3.05, 3.63) is 30.0 Å². The van der Waals surface area contributed by atoms with Crippen molar-refractivity contribution < 1.29 is 0 Å². The van der Waals surface area contributed by atoms with Crippen molar-refractivity contribution in [2.24, 2.45) is 0 Å². The number of likely N-dealkylation sites (N-methyl/N-ethyl adjacent to an activating group) is 1. The van der Waals surface area contributed by atoms with E-state index >= 15 is 0 Å². The molecule has 1 saturated heterocycles.